The molecule has 1 aromatic carbocycles. The third-order valence-electron chi connectivity index (χ3n) is 5.07. The van der Waals surface area contributed by atoms with Crippen LogP contribution in [0.4, 0.5) is 0 Å². The summed E-state index contributed by atoms with van der Waals surface area (Å²) in [6, 6.07) is 6.80. The quantitative estimate of drug-likeness (QED) is 0.938. The number of aryl methyl sites for hydroxylation is 2. The van der Waals surface area contributed by atoms with Crippen molar-refractivity contribution in [1.29, 1.82) is 0 Å². The number of imidazole rings is 1. The molecule has 1 fully saturated rings. The van der Waals surface area contributed by atoms with Crippen molar-refractivity contribution in [3.05, 3.63) is 34.2 Å². The zero-order chi connectivity index (χ0) is 15.4. The van der Waals surface area contributed by atoms with Gasteiger partial charge in [0.2, 0.25) is 0 Å². The molecule has 1 heterocycles. The summed E-state index contributed by atoms with van der Waals surface area (Å²) in [5.41, 5.74) is 3.76. The fourth-order valence-electron chi connectivity index (χ4n) is 3.51. The number of aromatic nitrogens is 2. The number of hydrogen-bond acceptors (Lipinski definition) is 2. The van der Waals surface area contributed by atoms with Crippen molar-refractivity contribution in [2.24, 2.45) is 25.4 Å². The third-order valence-corrected chi connectivity index (χ3v) is 5.07. The van der Waals surface area contributed by atoms with E-state index in [1.54, 1.807) is 9.13 Å². The Balaban J connectivity index is 2.07. The smallest absolute Gasteiger partial charge is 0.310 e. The largest absolute Gasteiger partial charge is 0.328 e. The van der Waals surface area contributed by atoms with Crippen molar-refractivity contribution >= 4 is 11.0 Å². The Morgan fingerprint density at radius 2 is 1.90 bits per heavy atom. The zero-order valence-electron chi connectivity index (χ0n) is 13.6. The van der Waals surface area contributed by atoms with Crippen LogP contribution in [-0.2, 0) is 14.1 Å². The first kappa shape index (κ1) is 14.4. The third kappa shape index (κ3) is 2.22. The minimum Gasteiger partial charge on any atom is -0.310 e. The van der Waals surface area contributed by atoms with Crippen LogP contribution in [0.5, 0.6) is 0 Å². The van der Waals surface area contributed by atoms with Crippen LogP contribution in [0.2, 0.25) is 0 Å². The monoisotopic (exact) mass is 287 g/mol. The maximum absolute atomic E-state index is 12.1. The molecular weight excluding hydrogens is 262 g/mol. The fourth-order valence-corrected chi connectivity index (χ4v) is 3.51. The van der Waals surface area contributed by atoms with Crippen LogP contribution in [-0.4, -0.2) is 15.7 Å². The van der Waals surface area contributed by atoms with E-state index in [1.165, 1.54) is 12.0 Å². The molecule has 4 heteroatoms. The van der Waals surface area contributed by atoms with Gasteiger partial charge < -0.3 is 5.32 Å². The maximum Gasteiger partial charge on any atom is 0.328 e. The van der Waals surface area contributed by atoms with Crippen LogP contribution in [0.3, 0.4) is 0 Å². The van der Waals surface area contributed by atoms with E-state index in [2.05, 4.69) is 44.3 Å². The van der Waals surface area contributed by atoms with Crippen LogP contribution >= 0.6 is 0 Å². The van der Waals surface area contributed by atoms with E-state index in [9.17, 15) is 4.79 Å². The van der Waals surface area contributed by atoms with Gasteiger partial charge in [-0.1, -0.05) is 26.8 Å². The summed E-state index contributed by atoms with van der Waals surface area (Å²) in [7, 11) is 3.67. The highest BCUT2D eigenvalue weighted by molar-refractivity contribution is 5.77. The molecule has 0 bridgehead atoms. The standard InChI is InChI=1S/C17H25N3O/c1-6-18-15(12-10-17(12,2)3)11-7-8-13-14(9-11)20(5)16(21)19(13)4/h7-9,12,15,18H,6,10H2,1-5H3. The van der Waals surface area contributed by atoms with E-state index in [0.717, 1.165) is 17.6 Å². The molecule has 0 aliphatic heterocycles. The molecule has 4 nitrogen and oxygen atoms in total. The molecule has 1 aliphatic carbocycles. The van der Waals surface area contributed by atoms with E-state index in [-0.39, 0.29) is 5.69 Å². The highest BCUT2D eigenvalue weighted by Crippen LogP contribution is 2.57. The second kappa shape index (κ2) is 4.73. The van der Waals surface area contributed by atoms with E-state index in [0.29, 0.717) is 17.4 Å². The SMILES string of the molecule is CCNC(c1ccc2c(c1)n(C)c(=O)n2C)C1CC1(C)C. The second-order valence-electron chi connectivity index (χ2n) is 6.98. The zero-order valence-corrected chi connectivity index (χ0v) is 13.6. The van der Waals surface area contributed by atoms with Gasteiger partial charge in [-0.05, 0) is 42.0 Å². The highest BCUT2D eigenvalue weighted by Gasteiger charge is 2.50. The molecule has 3 rings (SSSR count). The Labute approximate surface area is 125 Å². The summed E-state index contributed by atoms with van der Waals surface area (Å²) in [6.07, 6.45) is 1.26. The fraction of sp³-hybridized carbons (Fsp3) is 0.588. The lowest BCUT2D eigenvalue weighted by molar-refractivity contribution is 0.424. The second-order valence-corrected chi connectivity index (χ2v) is 6.98. The van der Waals surface area contributed by atoms with Crippen molar-refractivity contribution in [3.8, 4) is 0 Å². The molecule has 0 amide bonds. The van der Waals surface area contributed by atoms with E-state index in [4.69, 9.17) is 0 Å². The average molecular weight is 287 g/mol. The Morgan fingerprint density at radius 1 is 1.29 bits per heavy atom. The number of hydrogen-bond donors (Lipinski definition) is 1. The van der Waals surface area contributed by atoms with Crippen LogP contribution < -0.4 is 11.0 Å². The van der Waals surface area contributed by atoms with Gasteiger partial charge in [0.1, 0.15) is 0 Å². The topological polar surface area (TPSA) is 39.0 Å². The molecule has 1 saturated carbocycles. The van der Waals surface area contributed by atoms with Gasteiger partial charge in [-0.2, -0.15) is 0 Å². The molecule has 1 aromatic heterocycles. The summed E-state index contributed by atoms with van der Waals surface area (Å²) in [6.45, 7) is 7.78. The summed E-state index contributed by atoms with van der Waals surface area (Å²) < 4.78 is 3.45. The Morgan fingerprint density at radius 3 is 2.48 bits per heavy atom. The lowest BCUT2D eigenvalue weighted by Gasteiger charge is -2.20. The molecule has 1 N–H and O–H groups in total. The van der Waals surface area contributed by atoms with Gasteiger partial charge in [-0.25, -0.2) is 4.79 Å². The number of nitrogens with one attached hydrogen (secondary N) is 1. The Bertz CT molecular complexity index is 738. The van der Waals surface area contributed by atoms with Gasteiger partial charge in [0.05, 0.1) is 11.0 Å². The average Bonchev–Trinajstić information content (AvgIpc) is 3.03. The molecular formula is C17H25N3O. The maximum atomic E-state index is 12.1. The molecule has 0 radical (unpaired) electrons. The van der Waals surface area contributed by atoms with E-state index >= 15 is 0 Å². The molecule has 2 aromatic rings. The predicted octanol–water partition coefficient (Wildman–Crippen LogP) is 2.57. The van der Waals surface area contributed by atoms with E-state index < -0.39 is 0 Å². The number of fused-ring (bicyclic) bond motifs is 1. The summed E-state index contributed by atoms with van der Waals surface area (Å²) in [5.74, 6) is 0.677. The minimum atomic E-state index is 0.0360. The summed E-state index contributed by atoms with van der Waals surface area (Å²) in [5, 5.41) is 3.63. The minimum absolute atomic E-state index is 0.0360. The predicted molar refractivity (Wildman–Crippen MR) is 86.5 cm³/mol. The van der Waals surface area contributed by atoms with Crippen LogP contribution in [0.1, 0.15) is 38.8 Å². The first-order chi connectivity index (χ1) is 9.86. The Kier molecular flexibility index (Phi) is 3.24. The lowest BCUT2D eigenvalue weighted by Crippen LogP contribution is -2.24. The van der Waals surface area contributed by atoms with Crippen molar-refractivity contribution in [2.45, 2.75) is 33.2 Å². The van der Waals surface area contributed by atoms with Crippen molar-refractivity contribution in [2.75, 3.05) is 6.54 Å². The van der Waals surface area contributed by atoms with Gasteiger partial charge in [-0.3, -0.25) is 9.13 Å². The van der Waals surface area contributed by atoms with Crippen LogP contribution in [0, 0.1) is 11.3 Å². The number of benzene rings is 1. The highest BCUT2D eigenvalue weighted by atomic mass is 16.1. The normalized spacial score (nSPS) is 21.7. The van der Waals surface area contributed by atoms with Gasteiger partial charge in [0.25, 0.3) is 0 Å². The molecule has 21 heavy (non-hydrogen) atoms. The first-order valence-electron chi connectivity index (χ1n) is 7.75. The molecule has 0 spiro atoms. The molecule has 114 valence electrons. The van der Waals surface area contributed by atoms with Gasteiger partial charge in [-0.15, -0.1) is 0 Å². The lowest BCUT2D eigenvalue weighted by atomic mass is 9.96. The summed E-state index contributed by atoms with van der Waals surface area (Å²) in [4.78, 5) is 12.1. The molecule has 1 aliphatic rings. The number of rotatable bonds is 4. The van der Waals surface area contributed by atoms with Crippen LogP contribution in [0.15, 0.2) is 23.0 Å². The molecule has 0 saturated heterocycles. The van der Waals surface area contributed by atoms with Gasteiger partial charge in [0.15, 0.2) is 0 Å². The van der Waals surface area contributed by atoms with Crippen molar-refractivity contribution in [1.82, 2.24) is 14.5 Å². The molecule has 2 unspecified atom stereocenters. The first-order valence-corrected chi connectivity index (χ1v) is 7.75. The van der Waals surface area contributed by atoms with Crippen LogP contribution in [0.25, 0.3) is 11.0 Å². The molecule has 2 atom stereocenters. The van der Waals surface area contributed by atoms with Gasteiger partial charge >= 0.3 is 5.69 Å². The Hall–Kier alpha value is -1.55. The van der Waals surface area contributed by atoms with Gasteiger partial charge in [0, 0.05) is 20.1 Å². The van der Waals surface area contributed by atoms with E-state index in [1.807, 2.05) is 14.1 Å². The van der Waals surface area contributed by atoms with Crippen molar-refractivity contribution in [3.63, 3.8) is 0 Å². The number of nitrogens with zero attached hydrogens (tertiary/aromatic N) is 2. The summed E-state index contributed by atoms with van der Waals surface area (Å²) >= 11 is 0. The van der Waals surface area contributed by atoms with Crippen molar-refractivity contribution < 1.29 is 0 Å².